The maximum Gasteiger partial charge on any atom is 0.247 e. The SMILES string of the molecule is CC(=O)NC(Cc1c[nH]c2ccccc12)C(=O)Nc1ccccc1Cl. The molecule has 1 heterocycles. The van der Waals surface area contributed by atoms with Crippen molar-refractivity contribution < 1.29 is 9.59 Å². The number of fused-ring (bicyclic) bond motifs is 1. The number of H-pyrrole nitrogens is 1. The number of aromatic amines is 1. The van der Waals surface area contributed by atoms with Gasteiger partial charge in [0, 0.05) is 30.4 Å². The third-order valence-corrected chi connectivity index (χ3v) is 4.25. The van der Waals surface area contributed by atoms with Crippen LogP contribution in [0.3, 0.4) is 0 Å². The van der Waals surface area contributed by atoms with Gasteiger partial charge >= 0.3 is 0 Å². The topological polar surface area (TPSA) is 74.0 Å². The summed E-state index contributed by atoms with van der Waals surface area (Å²) in [5.74, 6) is -0.576. The molecule has 0 radical (unpaired) electrons. The molecule has 2 aromatic carbocycles. The number of halogens is 1. The number of rotatable bonds is 5. The first-order valence-corrected chi connectivity index (χ1v) is 8.30. The molecule has 3 rings (SSSR count). The van der Waals surface area contributed by atoms with Gasteiger partial charge in [0.15, 0.2) is 0 Å². The van der Waals surface area contributed by atoms with Gasteiger partial charge < -0.3 is 15.6 Å². The van der Waals surface area contributed by atoms with E-state index in [1.807, 2.05) is 30.5 Å². The van der Waals surface area contributed by atoms with Crippen LogP contribution in [-0.2, 0) is 16.0 Å². The van der Waals surface area contributed by atoms with Crippen LogP contribution in [0.1, 0.15) is 12.5 Å². The lowest BCUT2D eigenvalue weighted by Crippen LogP contribution is -2.44. The van der Waals surface area contributed by atoms with Crippen molar-refractivity contribution in [3.8, 4) is 0 Å². The molecule has 0 spiro atoms. The van der Waals surface area contributed by atoms with Crippen LogP contribution in [0.5, 0.6) is 0 Å². The van der Waals surface area contributed by atoms with Crippen molar-refractivity contribution in [2.45, 2.75) is 19.4 Å². The molecule has 0 saturated heterocycles. The molecule has 25 heavy (non-hydrogen) atoms. The van der Waals surface area contributed by atoms with Gasteiger partial charge in [0.05, 0.1) is 10.7 Å². The summed E-state index contributed by atoms with van der Waals surface area (Å²) >= 11 is 6.09. The molecule has 0 fully saturated rings. The second-order valence-electron chi connectivity index (χ2n) is 5.79. The van der Waals surface area contributed by atoms with E-state index in [9.17, 15) is 9.59 Å². The summed E-state index contributed by atoms with van der Waals surface area (Å²) < 4.78 is 0. The fraction of sp³-hybridized carbons (Fsp3) is 0.158. The first-order chi connectivity index (χ1) is 12.0. The Bertz CT molecular complexity index is 920. The van der Waals surface area contributed by atoms with Gasteiger partial charge in [0.2, 0.25) is 11.8 Å². The molecule has 3 aromatic rings. The largest absolute Gasteiger partial charge is 0.361 e. The maximum atomic E-state index is 12.7. The highest BCUT2D eigenvalue weighted by atomic mass is 35.5. The average molecular weight is 356 g/mol. The van der Waals surface area contributed by atoms with Crippen molar-refractivity contribution in [2.75, 3.05) is 5.32 Å². The summed E-state index contributed by atoms with van der Waals surface area (Å²) in [6.45, 7) is 1.39. The summed E-state index contributed by atoms with van der Waals surface area (Å²) in [6.07, 6.45) is 2.24. The summed E-state index contributed by atoms with van der Waals surface area (Å²) in [4.78, 5) is 27.4. The van der Waals surface area contributed by atoms with Crippen molar-refractivity contribution >= 4 is 40.0 Å². The number of para-hydroxylation sites is 2. The molecule has 128 valence electrons. The number of carbonyl (C=O) groups is 2. The number of hydrogen-bond donors (Lipinski definition) is 3. The average Bonchev–Trinajstić information content (AvgIpc) is 2.99. The molecule has 1 aromatic heterocycles. The fourth-order valence-corrected chi connectivity index (χ4v) is 2.94. The highest BCUT2D eigenvalue weighted by molar-refractivity contribution is 6.33. The molecule has 0 bridgehead atoms. The lowest BCUT2D eigenvalue weighted by Gasteiger charge is -2.18. The van der Waals surface area contributed by atoms with Crippen molar-refractivity contribution in [1.29, 1.82) is 0 Å². The number of aromatic nitrogens is 1. The van der Waals surface area contributed by atoms with Gasteiger partial charge in [-0.15, -0.1) is 0 Å². The highest BCUT2D eigenvalue weighted by Crippen LogP contribution is 2.22. The number of carbonyl (C=O) groups excluding carboxylic acids is 2. The van der Waals surface area contributed by atoms with Crippen LogP contribution in [0.15, 0.2) is 54.7 Å². The number of benzene rings is 2. The van der Waals surface area contributed by atoms with Crippen LogP contribution in [0.2, 0.25) is 5.02 Å². The van der Waals surface area contributed by atoms with Crippen LogP contribution >= 0.6 is 11.6 Å². The van der Waals surface area contributed by atoms with Crippen LogP contribution in [-0.4, -0.2) is 22.8 Å². The highest BCUT2D eigenvalue weighted by Gasteiger charge is 2.22. The van der Waals surface area contributed by atoms with Crippen LogP contribution in [0, 0.1) is 0 Å². The van der Waals surface area contributed by atoms with Crippen molar-refractivity contribution in [2.24, 2.45) is 0 Å². The molecule has 0 aliphatic carbocycles. The Hall–Kier alpha value is -2.79. The zero-order chi connectivity index (χ0) is 17.8. The minimum absolute atomic E-state index is 0.265. The molecule has 0 aliphatic rings. The van der Waals surface area contributed by atoms with E-state index in [1.54, 1.807) is 24.3 Å². The van der Waals surface area contributed by atoms with E-state index in [-0.39, 0.29) is 11.8 Å². The van der Waals surface area contributed by atoms with E-state index in [4.69, 9.17) is 11.6 Å². The monoisotopic (exact) mass is 355 g/mol. The van der Waals surface area contributed by atoms with Crippen molar-refractivity contribution in [1.82, 2.24) is 10.3 Å². The van der Waals surface area contributed by atoms with Gasteiger partial charge in [-0.05, 0) is 23.8 Å². The third-order valence-electron chi connectivity index (χ3n) is 3.92. The molecule has 0 aliphatic heterocycles. The van der Waals surface area contributed by atoms with Gasteiger partial charge in [-0.25, -0.2) is 0 Å². The predicted molar refractivity (Wildman–Crippen MR) is 99.7 cm³/mol. The van der Waals surface area contributed by atoms with E-state index in [1.165, 1.54) is 6.92 Å². The number of hydrogen-bond acceptors (Lipinski definition) is 2. The summed E-state index contributed by atoms with van der Waals surface area (Å²) in [5.41, 5.74) is 2.47. The van der Waals surface area contributed by atoms with Crippen molar-refractivity contribution in [3.05, 3.63) is 65.3 Å². The standard InChI is InChI=1S/C19H18ClN3O2/c1-12(24)22-18(19(25)23-17-9-5-3-7-15(17)20)10-13-11-21-16-8-4-2-6-14(13)16/h2-9,11,18,21H,10H2,1H3,(H,22,24)(H,23,25). The Labute approximate surface area is 150 Å². The van der Waals surface area contributed by atoms with Gasteiger partial charge in [0.25, 0.3) is 0 Å². The predicted octanol–water partition coefficient (Wildman–Crippen LogP) is 3.51. The van der Waals surface area contributed by atoms with E-state index in [0.29, 0.717) is 17.1 Å². The lowest BCUT2D eigenvalue weighted by molar-refractivity contribution is -0.125. The Kier molecular flexibility index (Phi) is 5.05. The van der Waals surface area contributed by atoms with Gasteiger partial charge in [-0.1, -0.05) is 41.9 Å². The minimum Gasteiger partial charge on any atom is -0.361 e. The quantitative estimate of drug-likeness (QED) is 0.655. The second-order valence-corrected chi connectivity index (χ2v) is 6.19. The van der Waals surface area contributed by atoms with Gasteiger partial charge in [-0.2, -0.15) is 0 Å². The Morgan fingerprint density at radius 1 is 1.12 bits per heavy atom. The Balaban J connectivity index is 1.83. The first kappa shape index (κ1) is 17.0. The smallest absolute Gasteiger partial charge is 0.247 e. The van der Waals surface area contributed by atoms with E-state index >= 15 is 0 Å². The lowest BCUT2D eigenvalue weighted by atomic mass is 10.0. The normalized spacial score (nSPS) is 11.9. The maximum absolute atomic E-state index is 12.7. The third kappa shape index (κ3) is 4.00. The molecule has 1 unspecified atom stereocenters. The zero-order valence-corrected chi connectivity index (χ0v) is 14.4. The number of anilines is 1. The molecule has 5 nitrogen and oxygen atoms in total. The van der Waals surface area contributed by atoms with E-state index in [2.05, 4.69) is 15.6 Å². The van der Waals surface area contributed by atoms with Gasteiger partial charge in [0.1, 0.15) is 6.04 Å². The minimum atomic E-state index is -0.701. The molecular formula is C19H18ClN3O2. The molecule has 3 N–H and O–H groups in total. The summed E-state index contributed by atoms with van der Waals surface area (Å²) in [5, 5.41) is 6.97. The Morgan fingerprint density at radius 3 is 2.60 bits per heavy atom. The number of nitrogens with one attached hydrogen (secondary N) is 3. The van der Waals surface area contributed by atoms with Crippen molar-refractivity contribution in [3.63, 3.8) is 0 Å². The molecule has 0 saturated carbocycles. The molecule has 6 heteroatoms. The van der Waals surface area contributed by atoms with Crippen LogP contribution < -0.4 is 10.6 Å². The summed E-state index contributed by atoms with van der Waals surface area (Å²) in [7, 11) is 0. The number of amides is 2. The first-order valence-electron chi connectivity index (χ1n) is 7.92. The Morgan fingerprint density at radius 2 is 1.84 bits per heavy atom. The van der Waals surface area contributed by atoms with Gasteiger partial charge in [-0.3, -0.25) is 9.59 Å². The van der Waals surface area contributed by atoms with E-state index in [0.717, 1.165) is 16.5 Å². The van der Waals surface area contributed by atoms with E-state index < -0.39 is 6.04 Å². The molecule has 2 amide bonds. The molecular weight excluding hydrogens is 338 g/mol. The summed E-state index contributed by atoms with van der Waals surface area (Å²) in [6, 6.07) is 14.1. The fourth-order valence-electron chi connectivity index (χ4n) is 2.76. The van der Waals surface area contributed by atoms with Crippen LogP contribution in [0.25, 0.3) is 10.9 Å². The zero-order valence-electron chi connectivity index (χ0n) is 13.7. The van der Waals surface area contributed by atoms with Crippen LogP contribution in [0.4, 0.5) is 5.69 Å². The molecule has 1 atom stereocenters. The second kappa shape index (κ2) is 7.40.